The van der Waals surface area contributed by atoms with Crippen LogP contribution in [0.5, 0.6) is 0 Å². The van der Waals surface area contributed by atoms with Gasteiger partial charge in [0.2, 0.25) is 5.91 Å². The lowest BCUT2D eigenvalue weighted by Gasteiger charge is -2.15. The minimum Gasteiger partial charge on any atom is -0.376 e. The fourth-order valence-electron chi connectivity index (χ4n) is 3.88. The van der Waals surface area contributed by atoms with Crippen molar-refractivity contribution in [1.82, 2.24) is 5.32 Å². The van der Waals surface area contributed by atoms with Crippen LogP contribution in [-0.2, 0) is 22.4 Å². The molecule has 6 heteroatoms. The molecule has 2 N–H and O–H groups in total. The highest BCUT2D eigenvalue weighted by atomic mass is 32.1. The van der Waals surface area contributed by atoms with E-state index in [9.17, 15) is 9.59 Å². The molecule has 2 amide bonds. The van der Waals surface area contributed by atoms with Crippen molar-refractivity contribution in [2.24, 2.45) is 0 Å². The molecule has 0 radical (unpaired) electrons. The van der Waals surface area contributed by atoms with Gasteiger partial charge in [-0.1, -0.05) is 30.3 Å². The van der Waals surface area contributed by atoms with Gasteiger partial charge >= 0.3 is 0 Å². The third kappa shape index (κ3) is 4.95. The second-order valence-corrected chi connectivity index (χ2v) is 8.60. The van der Waals surface area contributed by atoms with Gasteiger partial charge in [-0.2, -0.15) is 0 Å². The summed E-state index contributed by atoms with van der Waals surface area (Å²) in [4.78, 5) is 26.7. The highest BCUT2D eigenvalue weighted by Crippen LogP contribution is 2.38. The zero-order valence-corrected chi connectivity index (χ0v) is 17.2. The van der Waals surface area contributed by atoms with E-state index < -0.39 is 0 Å². The molecule has 1 aliphatic carbocycles. The number of carbonyl (C=O) groups excluding carboxylic acids is 2. The number of aryl methyl sites for hydroxylation is 1. The number of thiophene rings is 1. The van der Waals surface area contributed by atoms with Crippen LogP contribution in [0.25, 0.3) is 6.08 Å². The van der Waals surface area contributed by atoms with Crippen molar-refractivity contribution in [2.45, 2.75) is 44.6 Å². The molecule has 152 valence electrons. The predicted octanol–water partition coefficient (Wildman–Crippen LogP) is 4.19. The minimum absolute atomic E-state index is 0.0975. The molecule has 1 aromatic carbocycles. The highest BCUT2D eigenvalue weighted by Gasteiger charge is 2.27. The van der Waals surface area contributed by atoms with Gasteiger partial charge in [-0.25, -0.2) is 0 Å². The normalized spacial score (nSPS) is 18.6. The van der Waals surface area contributed by atoms with Gasteiger partial charge in [0.1, 0.15) is 5.00 Å². The van der Waals surface area contributed by atoms with E-state index in [2.05, 4.69) is 10.6 Å². The van der Waals surface area contributed by atoms with Crippen molar-refractivity contribution < 1.29 is 14.3 Å². The van der Waals surface area contributed by atoms with Crippen LogP contribution in [0.4, 0.5) is 5.00 Å². The summed E-state index contributed by atoms with van der Waals surface area (Å²) in [6, 6.07) is 9.69. The Hall–Kier alpha value is -2.44. The third-order valence-electron chi connectivity index (χ3n) is 5.38. The maximum absolute atomic E-state index is 13.0. The zero-order valence-electron chi connectivity index (χ0n) is 16.4. The zero-order chi connectivity index (χ0) is 20.1. The predicted molar refractivity (Wildman–Crippen MR) is 116 cm³/mol. The fraction of sp³-hybridized carbons (Fsp3) is 0.391. The molecule has 2 aromatic rings. The molecular weight excluding hydrogens is 384 g/mol. The number of hydrogen-bond acceptors (Lipinski definition) is 4. The summed E-state index contributed by atoms with van der Waals surface area (Å²) in [5.74, 6) is -0.331. The number of fused-ring (bicyclic) bond motifs is 1. The Kier molecular flexibility index (Phi) is 6.42. The SMILES string of the molecule is O=C(/C=C/c1ccccc1)Nc1sc2c(c1C(=O)NC[C@H]1CCCO1)CCCC2. The van der Waals surface area contributed by atoms with Gasteiger partial charge < -0.3 is 15.4 Å². The Morgan fingerprint density at radius 1 is 1.14 bits per heavy atom. The number of amides is 2. The van der Waals surface area contributed by atoms with E-state index in [1.54, 1.807) is 17.4 Å². The lowest BCUT2D eigenvalue weighted by Crippen LogP contribution is -2.32. The fourth-order valence-corrected chi connectivity index (χ4v) is 5.17. The first-order chi connectivity index (χ1) is 14.2. The van der Waals surface area contributed by atoms with Crippen molar-refractivity contribution in [3.63, 3.8) is 0 Å². The van der Waals surface area contributed by atoms with Crippen molar-refractivity contribution in [3.8, 4) is 0 Å². The number of anilines is 1. The largest absolute Gasteiger partial charge is 0.376 e. The maximum Gasteiger partial charge on any atom is 0.254 e. The van der Waals surface area contributed by atoms with Crippen molar-refractivity contribution in [1.29, 1.82) is 0 Å². The lowest BCUT2D eigenvalue weighted by atomic mass is 9.95. The van der Waals surface area contributed by atoms with Crippen LogP contribution in [0.2, 0.25) is 0 Å². The van der Waals surface area contributed by atoms with Crippen LogP contribution in [0.3, 0.4) is 0 Å². The number of benzene rings is 1. The molecule has 0 spiro atoms. The number of nitrogens with one attached hydrogen (secondary N) is 2. The van der Waals surface area contributed by atoms with Gasteiger partial charge in [0, 0.05) is 24.1 Å². The van der Waals surface area contributed by atoms with Crippen LogP contribution in [0.15, 0.2) is 36.4 Å². The summed E-state index contributed by atoms with van der Waals surface area (Å²) in [7, 11) is 0. The highest BCUT2D eigenvalue weighted by molar-refractivity contribution is 7.17. The topological polar surface area (TPSA) is 67.4 Å². The van der Waals surface area contributed by atoms with Gasteiger partial charge in [0.25, 0.3) is 5.91 Å². The smallest absolute Gasteiger partial charge is 0.254 e. The number of hydrogen-bond donors (Lipinski definition) is 2. The van der Waals surface area contributed by atoms with Crippen LogP contribution in [0, 0.1) is 0 Å². The monoisotopic (exact) mass is 410 g/mol. The molecule has 1 atom stereocenters. The molecule has 0 bridgehead atoms. The van der Waals surface area contributed by atoms with Crippen LogP contribution in [-0.4, -0.2) is 31.1 Å². The summed E-state index contributed by atoms with van der Waals surface area (Å²) in [6.45, 7) is 1.29. The molecule has 1 aromatic heterocycles. The first-order valence-electron chi connectivity index (χ1n) is 10.3. The quantitative estimate of drug-likeness (QED) is 0.702. The van der Waals surface area contributed by atoms with Crippen molar-refractivity contribution >= 4 is 34.2 Å². The molecular formula is C23H26N2O3S. The van der Waals surface area contributed by atoms with Gasteiger partial charge in [0.05, 0.1) is 11.7 Å². The molecule has 4 rings (SSSR count). The molecule has 29 heavy (non-hydrogen) atoms. The molecule has 1 saturated heterocycles. The van der Waals surface area contributed by atoms with E-state index in [1.807, 2.05) is 30.3 Å². The van der Waals surface area contributed by atoms with E-state index >= 15 is 0 Å². The van der Waals surface area contributed by atoms with Gasteiger partial charge in [-0.15, -0.1) is 11.3 Å². The second-order valence-electron chi connectivity index (χ2n) is 7.49. The van der Waals surface area contributed by atoms with E-state index in [4.69, 9.17) is 4.74 Å². The van der Waals surface area contributed by atoms with Crippen LogP contribution >= 0.6 is 11.3 Å². The van der Waals surface area contributed by atoms with Crippen LogP contribution in [0.1, 0.15) is 52.0 Å². The van der Waals surface area contributed by atoms with E-state index in [1.165, 1.54) is 11.0 Å². The Labute approximate surface area is 175 Å². The summed E-state index contributed by atoms with van der Waals surface area (Å²) in [6.07, 6.45) is 9.50. The summed E-state index contributed by atoms with van der Waals surface area (Å²) >= 11 is 1.54. The number of ether oxygens (including phenoxy) is 1. The van der Waals surface area contributed by atoms with E-state index in [0.29, 0.717) is 17.1 Å². The summed E-state index contributed by atoms with van der Waals surface area (Å²) < 4.78 is 5.61. The standard InChI is InChI=1S/C23H26N2O3S/c26-20(13-12-16-7-2-1-3-8-16)25-23-21(18-10-4-5-11-19(18)29-23)22(27)24-15-17-9-6-14-28-17/h1-3,7-8,12-13,17H,4-6,9-11,14-15H2,(H,24,27)(H,25,26)/b13-12+/t17-/m1/s1. The number of rotatable bonds is 6. The lowest BCUT2D eigenvalue weighted by molar-refractivity contribution is -0.111. The molecule has 5 nitrogen and oxygen atoms in total. The van der Waals surface area contributed by atoms with Gasteiger partial charge in [-0.3, -0.25) is 9.59 Å². The minimum atomic E-state index is -0.222. The van der Waals surface area contributed by atoms with Crippen LogP contribution < -0.4 is 10.6 Å². The average molecular weight is 411 g/mol. The molecule has 2 heterocycles. The Bertz CT molecular complexity index is 898. The molecule has 2 aliphatic rings. The van der Waals surface area contributed by atoms with Crippen molar-refractivity contribution in [3.05, 3.63) is 58.0 Å². The van der Waals surface area contributed by atoms with E-state index in [0.717, 1.165) is 56.3 Å². The van der Waals surface area contributed by atoms with E-state index in [-0.39, 0.29) is 17.9 Å². The third-order valence-corrected chi connectivity index (χ3v) is 6.58. The van der Waals surface area contributed by atoms with Gasteiger partial charge in [-0.05, 0) is 55.7 Å². The summed E-state index contributed by atoms with van der Waals surface area (Å²) in [5, 5.41) is 6.63. The molecule has 0 unspecified atom stereocenters. The molecule has 0 saturated carbocycles. The first-order valence-corrected chi connectivity index (χ1v) is 11.1. The number of carbonyl (C=O) groups is 2. The maximum atomic E-state index is 13.0. The Balaban J connectivity index is 1.49. The molecule has 1 aliphatic heterocycles. The summed E-state index contributed by atoms with van der Waals surface area (Å²) in [5.41, 5.74) is 2.71. The second kappa shape index (κ2) is 9.37. The Morgan fingerprint density at radius 2 is 1.97 bits per heavy atom. The van der Waals surface area contributed by atoms with Crippen molar-refractivity contribution in [2.75, 3.05) is 18.5 Å². The Morgan fingerprint density at radius 3 is 2.76 bits per heavy atom. The average Bonchev–Trinajstić information content (AvgIpc) is 3.38. The first kappa shape index (κ1) is 19.9. The van der Waals surface area contributed by atoms with Gasteiger partial charge in [0.15, 0.2) is 0 Å². The molecule has 1 fully saturated rings.